The predicted octanol–water partition coefficient (Wildman–Crippen LogP) is 5.85. The first-order chi connectivity index (χ1) is 27.2. The van der Waals surface area contributed by atoms with Gasteiger partial charge in [0.1, 0.15) is 30.0 Å². The number of benzene rings is 3. The molecule has 1 aliphatic carbocycles. The third-order valence-electron chi connectivity index (χ3n) is 11.6. The number of hydrogen-bond acceptors (Lipinski definition) is 12. The number of likely N-dealkylation sites (tertiary alicyclic amines) is 1. The summed E-state index contributed by atoms with van der Waals surface area (Å²) >= 11 is 6.65. The van der Waals surface area contributed by atoms with Crippen LogP contribution < -0.4 is 20.3 Å². The van der Waals surface area contributed by atoms with Crippen molar-refractivity contribution in [3.63, 3.8) is 0 Å². The lowest BCUT2D eigenvalue weighted by molar-refractivity contribution is 0.188. The molecule has 10 rings (SSSR count). The molecule has 0 radical (unpaired) electrons. The van der Waals surface area contributed by atoms with E-state index in [2.05, 4.69) is 35.5 Å². The molecule has 56 heavy (non-hydrogen) atoms. The molecule has 0 spiro atoms. The zero-order chi connectivity index (χ0) is 38.1. The van der Waals surface area contributed by atoms with Gasteiger partial charge in [-0.1, -0.05) is 41.9 Å². The van der Waals surface area contributed by atoms with E-state index >= 15 is 4.39 Å². The van der Waals surface area contributed by atoms with E-state index in [0.29, 0.717) is 46.3 Å². The maximum atomic E-state index is 16.8. The van der Waals surface area contributed by atoms with Crippen LogP contribution in [0.1, 0.15) is 43.8 Å². The molecule has 3 aromatic heterocycles. The van der Waals surface area contributed by atoms with Gasteiger partial charge < -0.3 is 20.3 Å². The third kappa shape index (κ3) is 6.49. The fourth-order valence-corrected chi connectivity index (χ4v) is 9.84. The fourth-order valence-electron chi connectivity index (χ4n) is 8.50. The molecule has 0 amide bonds. The maximum Gasteiger partial charge on any atom is 0.319 e. The van der Waals surface area contributed by atoms with Gasteiger partial charge in [-0.05, 0) is 74.9 Å². The number of ether oxygens (including phenoxy) is 1. The van der Waals surface area contributed by atoms with E-state index in [0.717, 1.165) is 72.3 Å². The fraction of sp³-hybridized carbons (Fsp3) is 0.375. The summed E-state index contributed by atoms with van der Waals surface area (Å²) in [6, 6.07) is 18.9. The van der Waals surface area contributed by atoms with Gasteiger partial charge in [-0.2, -0.15) is 18.4 Å². The number of nitrogens with one attached hydrogen (secondary N) is 2. The molecular formula is C40H40ClFN10O3S. The molecule has 1 saturated carbocycles. The van der Waals surface area contributed by atoms with Crippen molar-refractivity contribution in [1.29, 1.82) is 0 Å². The van der Waals surface area contributed by atoms with Crippen LogP contribution in [0.4, 0.5) is 15.9 Å². The number of hydrogen-bond donors (Lipinski definition) is 2. The van der Waals surface area contributed by atoms with Gasteiger partial charge in [0, 0.05) is 77.6 Å². The Morgan fingerprint density at radius 3 is 2.50 bits per heavy atom. The first-order valence-corrected chi connectivity index (χ1v) is 20.9. The molecule has 288 valence electrons. The molecule has 3 aliphatic heterocycles. The summed E-state index contributed by atoms with van der Waals surface area (Å²) in [6.45, 7) is 2.53. The molecule has 4 atom stereocenters. The number of halogens is 2. The molecule has 13 nitrogen and oxygen atoms in total. The number of piperazine rings is 1. The topological polar surface area (TPSA) is 143 Å². The molecular weight excluding hydrogens is 755 g/mol. The van der Waals surface area contributed by atoms with E-state index in [4.69, 9.17) is 26.3 Å². The van der Waals surface area contributed by atoms with E-state index < -0.39 is 15.8 Å². The second-order valence-electron chi connectivity index (χ2n) is 15.5. The number of aromatic nitrogens is 6. The highest BCUT2D eigenvalue weighted by Crippen LogP contribution is 2.39. The molecule has 6 aromatic rings. The molecule has 6 heterocycles. The summed E-state index contributed by atoms with van der Waals surface area (Å²) in [5, 5.41) is 14.1. The van der Waals surface area contributed by atoms with Gasteiger partial charge in [-0.15, -0.1) is 9.19 Å². The van der Waals surface area contributed by atoms with Crippen molar-refractivity contribution < 1.29 is 17.5 Å². The number of pyridine rings is 1. The van der Waals surface area contributed by atoms with Gasteiger partial charge >= 0.3 is 6.01 Å². The lowest BCUT2D eigenvalue weighted by Crippen LogP contribution is -2.51. The second-order valence-corrected chi connectivity index (χ2v) is 17.7. The van der Waals surface area contributed by atoms with Crippen LogP contribution in [0.2, 0.25) is 5.02 Å². The highest BCUT2D eigenvalue weighted by molar-refractivity contribution is 7.89. The quantitative estimate of drug-likeness (QED) is 0.172. The molecule has 2 bridgehead atoms. The lowest BCUT2D eigenvalue weighted by atomic mass is 10.0. The Morgan fingerprint density at radius 2 is 1.73 bits per heavy atom. The highest BCUT2D eigenvalue weighted by Gasteiger charge is 2.35. The van der Waals surface area contributed by atoms with Crippen LogP contribution >= 0.6 is 11.6 Å². The van der Waals surface area contributed by atoms with Gasteiger partial charge in [0.25, 0.3) is 10.0 Å². The van der Waals surface area contributed by atoms with Crippen LogP contribution in [0.15, 0.2) is 78.1 Å². The molecule has 3 aromatic carbocycles. The van der Waals surface area contributed by atoms with Crippen LogP contribution in [0.25, 0.3) is 32.9 Å². The largest absolute Gasteiger partial charge is 0.462 e. The molecule has 4 fully saturated rings. The number of anilines is 2. The van der Waals surface area contributed by atoms with Gasteiger partial charge in [-0.3, -0.25) is 9.88 Å². The normalized spacial score (nSPS) is 22.7. The molecule has 2 N–H and O–H groups in total. The molecule has 3 saturated heterocycles. The van der Waals surface area contributed by atoms with Crippen molar-refractivity contribution in [2.24, 2.45) is 0 Å². The van der Waals surface area contributed by atoms with Crippen molar-refractivity contribution in [2.75, 3.05) is 43.5 Å². The van der Waals surface area contributed by atoms with Gasteiger partial charge in [0.15, 0.2) is 11.6 Å². The standard InChI is InChI=1S/C40H40ClFN10O3S/c1-50-18-28(45-25-12-14-30(15-13-25)56(53,54)52-22-44-38(49-52)24-8-9-24)16-29(50)21-55-40-47-37-32(39(48-40)51-19-26-10-11-27(20-51)46-26)17-43-36(35(37)42)31-6-2-4-23-5-3-7-33(41)34(23)31/h2-7,12-15,17,22,24,26-29,45-46H,8-11,16,18-21H2,1H3/t26?,27?,28-,29+/m1/s1. The number of rotatable bonds is 10. The van der Waals surface area contributed by atoms with E-state index in [9.17, 15) is 8.42 Å². The van der Waals surface area contributed by atoms with Crippen molar-refractivity contribution in [1.82, 2.24) is 39.3 Å². The zero-order valence-corrected chi connectivity index (χ0v) is 32.2. The lowest BCUT2D eigenvalue weighted by Gasteiger charge is -2.34. The van der Waals surface area contributed by atoms with E-state index in [1.165, 1.54) is 6.33 Å². The average Bonchev–Trinajstić information content (AvgIpc) is 3.66. The summed E-state index contributed by atoms with van der Waals surface area (Å²) < 4.78 is 50.5. The monoisotopic (exact) mass is 794 g/mol. The summed E-state index contributed by atoms with van der Waals surface area (Å²) in [5.74, 6) is 0.911. The van der Waals surface area contributed by atoms with Crippen LogP contribution in [0.3, 0.4) is 0 Å². The summed E-state index contributed by atoms with van der Waals surface area (Å²) in [7, 11) is -1.80. The van der Waals surface area contributed by atoms with Gasteiger partial charge in [0.2, 0.25) is 0 Å². The number of nitrogens with zero attached hydrogens (tertiary/aromatic N) is 8. The Bertz CT molecular complexity index is 2570. The maximum absolute atomic E-state index is 16.8. The first-order valence-electron chi connectivity index (χ1n) is 19.1. The molecule has 2 unspecified atom stereocenters. The smallest absolute Gasteiger partial charge is 0.319 e. The minimum atomic E-state index is -3.84. The summed E-state index contributed by atoms with van der Waals surface area (Å²) in [6.07, 6.45) is 7.86. The predicted molar refractivity (Wildman–Crippen MR) is 212 cm³/mol. The Hall–Kier alpha value is -4.96. The van der Waals surface area contributed by atoms with Crippen molar-refractivity contribution in [3.8, 4) is 17.3 Å². The van der Waals surface area contributed by atoms with Crippen molar-refractivity contribution in [3.05, 3.63) is 89.9 Å². The Morgan fingerprint density at radius 1 is 0.964 bits per heavy atom. The van der Waals surface area contributed by atoms with E-state index in [1.54, 1.807) is 36.5 Å². The summed E-state index contributed by atoms with van der Waals surface area (Å²) in [4.78, 5) is 23.0. The highest BCUT2D eigenvalue weighted by atomic mass is 35.5. The second kappa shape index (κ2) is 13.9. The first kappa shape index (κ1) is 35.5. The van der Waals surface area contributed by atoms with Crippen molar-refractivity contribution >= 4 is 54.8 Å². The van der Waals surface area contributed by atoms with Gasteiger partial charge in [0.05, 0.1) is 10.3 Å². The number of likely N-dealkylation sites (N-methyl/N-ethyl adjacent to an activating group) is 1. The van der Waals surface area contributed by atoms with Crippen molar-refractivity contribution in [2.45, 2.75) is 67.1 Å². The van der Waals surface area contributed by atoms with Crippen LogP contribution in [-0.4, -0.2) is 99.9 Å². The Kier molecular flexibility index (Phi) is 8.80. The third-order valence-corrected chi connectivity index (χ3v) is 13.4. The number of fused-ring (bicyclic) bond motifs is 4. The minimum absolute atomic E-state index is 0.0218. The average molecular weight is 795 g/mol. The molecule has 4 aliphatic rings. The zero-order valence-electron chi connectivity index (χ0n) is 30.6. The Labute approximate surface area is 328 Å². The van der Waals surface area contributed by atoms with E-state index in [1.807, 2.05) is 37.4 Å². The summed E-state index contributed by atoms with van der Waals surface area (Å²) in [5.41, 5.74) is 1.72. The van der Waals surface area contributed by atoms with Gasteiger partial charge in [-0.25, -0.2) is 9.37 Å². The SMILES string of the molecule is CN1C[C@H](Nc2ccc(S(=O)(=O)n3cnc(C4CC4)n3)cc2)C[C@H]1COc1nc(N2CC3CCC(C2)N3)c2cnc(-c3cccc4cccc(Cl)c34)c(F)c2n1. The minimum Gasteiger partial charge on any atom is -0.462 e. The Balaban J connectivity index is 0.886. The van der Waals surface area contributed by atoms with Crippen LogP contribution in [0, 0.1) is 5.82 Å². The molecule has 16 heteroatoms. The van der Waals surface area contributed by atoms with Crippen LogP contribution in [0.5, 0.6) is 6.01 Å². The van der Waals surface area contributed by atoms with E-state index in [-0.39, 0.29) is 40.1 Å². The van der Waals surface area contributed by atoms with Crippen LogP contribution in [-0.2, 0) is 10.0 Å².